The maximum absolute atomic E-state index is 14.0. The summed E-state index contributed by atoms with van der Waals surface area (Å²) in [4.78, 5) is 12.7. The molecule has 2 aromatic rings. The second-order valence-corrected chi connectivity index (χ2v) is 9.18. The van der Waals surface area contributed by atoms with Gasteiger partial charge in [0.05, 0.1) is 12.1 Å². The van der Waals surface area contributed by atoms with Crippen LogP contribution < -0.4 is 10.6 Å². The third-order valence-electron chi connectivity index (χ3n) is 6.45. The number of carbonyl (C=O) groups is 1. The van der Waals surface area contributed by atoms with Crippen LogP contribution in [0.25, 0.3) is 11.1 Å². The second-order valence-electron chi connectivity index (χ2n) is 9.18. The average molecular weight is 456 g/mol. The van der Waals surface area contributed by atoms with Gasteiger partial charge >= 0.3 is 6.18 Å². The smallest absolute Gasteiger partial charge is 0.336 e. The van der Waals surface area contributed by atoms with Crippen molar-refractivity contribution in [3.63, 3.8) is 0 Å². The van der Waals surface area contributed by atoms with E-state index < -0.39 is 29.7 Å². The van der Waals surface area contributed by atoms with Crippen LogP contribution in [-0.2, 0) is 4.79 Å². The molecule has 2 saturated carbocycles. The van der Waals surface area contributed by atoms with Gasteiger partial charge in [0.1, 0.15) is 11.6 Å². The van der Waals surface area contributed by atoms with Crippen LogP contribution in [0.4, 0.5) is 13.2 Å². The normalized spacial score (nSPS) is 18.8. The van der Waals surface area contributed by atoms with Crippen molar-refractivity contribution in [2.75, 3.05) is 0 Å². The van der Waals surface area contributed by atoms with Crippen molar-refractivity contribution in [2.45, 2.75) is 75.2 Å². The van der Waals surface area contributed by atoms with Crippen LogP contribution in [0.5, 0.6) is 0 Å². The lowest BCUT2D eigenvalue weighted by atomic mass is 9.98. The van der Waals surface area contributed by atoms with E-state index in [9.17, 15) is 23.2 Å². The van der Waals surface area contributed by atoms with Crippen LogP contribution in [0, 0.1) is 11.3 Å². The topological polar surface area (TPSA) is 64.9 Å². The van der Waals surface area contributed by atoms with Crippen LogP contribution in [0.15, 0.2) is 48.5 Å². The molecule has 2 aromatic carbocycles. The van der Waals surface area contributed by atoms with E-state index in [1.54, 1.807) is 12.1 Å². The lowest BCUT2D eigenvalue weighted by Gasteiger charge is -2.28. The van der Waals surface area contributed by atoms with E-state index in [4.69, 9.17) is 0 Å². The number of halogens is 3. The van der Waals surface area contributed by atoms with Gasteiger partial charge in [-0.2, -0.15) is 18.4 Å². The number of amides is 1. The van der Waals surface area contributed by atoms with E-state index in [2.05, 4.69) is 22.8 Å². The predicted molar refractivity (Wildman–Crippen MR) is 120 cm³/mol. The van der Waals surface area contributed by atoms with E-state index in [1.165, 1.54) is 30.5 Å². The van der Waals surface area contributed by atoms with Gasteiger partial charge in [-0.25, -0.2) is 0 Å². The number of nitrogens with zero attached hydrogens (tertiary/aromatic N) is 1. The average Bonchev–Trinajstić information content (AvgIpc) is 3.72. The van der Waals surface area contributed by atoms with Gasteiger partial charge in [-0.05, 0) is 60.3 Å². The Labute approximate surface area is 192 Å². The third-order valence-corrected chi connectivity index (χ3v) is 6.45. The number of hydrogen-bond acceptors (Lipinski definition) is 3. The summed E-state index contributed by atoms with van der Waals surface area (Å²) in [6.07, 6.45) is -0.314. The highest BCUT2D eigenvalue weighted by molar-refractivity contribution is 5.83. The molecule has 1 amide bonds. The summed E-state index contributed by atoms with van der Waals surface area (Å²) in [5.41, 5.74) is 2.24. The molecule has 2 aliphatic carbocycles. The van der Waals surface area contributed by atoms with Crippen LogP contribution in [0.3, 0.4) is 0 Å². The summed E-state index contributed by atoms with van der Waals surface area (Å²) in [5.74, 6) is 0.0915. The van der Waals surface area contributed by atoms with E-state index in [1.807, 2.05) is 25.1 Å². The highest BCUT2D eigenvalue weighted by Crippen LogP contribution is 2.41. The summed E-state index contributed by atoms with van der Waals surface area (Å²) in [7, 11) is 0. The Morgan fingerprint density at radius 2 is 1.67 bits per heavy atom. The number of rotatable bonds is 9. The summed E-state index contributed by atoms with van der Waals surface area (Å²) in [6.45, 7) is 1.81. The van der Waals surface area contributed by atoms with Crippen molar-refractivity contribution >= 4 is 5.91 Å². The fraction of sp³-hybridized carbons (Fsp3) is 0.462. The number of nitrogens with one attached hydrogen (secondary N) is 2. The van der Waals surface area contributed by atoms with Crippen molar-refractivity contribution in [1.29, 1.82) is 5.26 Å². The van der Waals surface area contributed by atoms with Gasteiger partial charge in [-0.3, -0.25) is 10.1 Å². The highest BCUT2D eigenvalue weighted by Gasteiger charge is 2.47. The molecule has 4 nitrogen and oxygen atoms in total. The largest absolute Gasteiger partial charge is 0.407 e. The molecule has 0 radical (unpaired) electrons. The van der Waals surface area contributed by atoms with Gasteiger partial charge in [0, 0.05) is 0 Å². The fourth-order valence-electron chi connectivity index (χ4n) is 4.10. The molecule has 174 valence electrons. The van der Waals surface area contributed by atoms with E-state index in [0.717, 1.165) is 11.1 Å². The van der Waals surface area contributed by atoms with Crippen molar-refractivity contribution < 1.29 is 18.0 Å². The minimum absolute atomic E-state index is 0.0520. The molecule has 7 heteroatoms. The number of hydrogen-bond donors (Lipinski definition) is 2. The first kappa shape index (κ1) is 23.3. The summed E-state index contributed by atoms with van der Waals surface area (Å²) in [5, 5.41) is 14.4. The lowest BCUT2D eigenvalue weighted by molar-refractivity contribution is -0.161. The quantitative estimate of drug-likeness (QED) is 0.505. The van der Waals surface area contributed by atoms with Gasteiger partial charge in [0.25, 0.3) is 0 Å². The molecule has 4 rings (SSSR count). The summed E-state index contributed by atoms with van der Waals surface area (Å²) < 4.78 is 42.0. The monoisotopic (exact) mass is 455 g/mol. The first-order valence-electron chi connectivity index (χ1n) is 11.5. The minimum Gasteiger partial charge on any atom is -0.336 e. The molecule has 2 N–H and O–H groups in total. The van der Waals surface area contributed by atoms with Gasteiger partial charge in [-0.1, -0.05) is 61.9 Å². The molecule has 2 aliphatic rings. The Morgan fingerprint density at radius 3 is 2.12 bits per heavy atom. The van der Waals surface area contributed by atoms with E-state index in [0.29, 0.717) is 25.2 Å². The van der Waals surface area contributed by atoms with E-state index >= 15 is 0 Å². The zero-order valence-corrected chi connectivity index (χ0v) is 18.6. The number of alkyl halides is 3. The van der Waals surface area contributed by atoms with Crippen molar-refractivity contribution in [3.05, 3.63) is 59.7 Å². The standard InChI is InChI=1S/C26H28F3N3O/c1-2-3-22(24(33)32-25(16-30)14-15-25)31-23(26(27,28)29)21-12-10-20(11-13-21)19-8-6-18(7-9-19)17-4-5-17/h6-13,17,22-23,31H,2-5,14-15H2,1H3,(H,32,33)/t22-,23-/m0/s1. The Bertz CT molecular complexity index is 1020. The minimum atomic E-state index is -4.58. The molecular weight excluding hydrogens is 427 g/mol. The maximum atomic E-state index is 14.0. The second kappa shape index (κ2) is 9.18. The van der Waals surface area contributed by atoms with Gasteiger partial charge in [0.2, 0.25) is 5.91 Å². The number of benzene rings is 2. The molecular formula is C26H28F3N3O. The molecule has 2 fully saturated rings. The maximum Gasteiger partial charge on any atom is 0.407 e. The van der Waals surface area contributed by atoms with Crippen LogP contribution in [0.1, 0.15) is 68.5 Å². The first-order valence-corrected chi connectivity index (χ1v) is 11.5. The third kappa shape index (κ3) is 5.56. The van der Waals surface area contributed by atoms with Gasteiger partial charge in [0.15, 0.2) is 0 Å². The zero-order valence-electron chi connectivity index (χ0n) is 18.6. The molecule has 0 heterocycles. The van der Waals surface area contributed by atoms with Crippen LogP contribution in [0.2, 0.25) is 0 Å². The predicted octanol–water partition coefficient (Wildman–Crippen LogP) is 5.77. The van der Waals surface area contributed by atoms with Crippen LogP contribution in [-0.4, -0.2) is 23.7 Å². The molecule has 0 aromatic heterocycles. The van der Waals surface area contributed by atoms with E-state index in [-0.39, 0.29) is 12.0 Å². The number of carbonyl (C=O) groups excluding carboxylic acids is 1. The summed E-state index contributed by atoms with van der Waals surface area (Å²) >= 11 is 0. The molecule has 0 saturated heterocycles. The molecule has 33 heavy (non-hydrogen) atoms. The Morgan fingerprint density at radius 1 is 1.09 bits per heavy atom. The highest BCUT2D eigenvalue weighted by atomic mass is 19.4. The lowest BCUT2D eigenvalue weighted by Crippen LogP contribution is -2.51. The van der Waals surface area contributed by atoms with Crippen molar-refractivity contribution in [3.8, 4) is 17.2 Å². The van der Waals surface area contributed by atoms with Crippen molar-refractivity contribution in [1.82, 2.24) is 10.6 Å². The Kier molecular flexibility index (Phi) is 6.49. The van der Waals surface area contributed by atoms with Gasteiger partial charge in [-0.15, -0.1) is 0 Å². The SMILES string of the molecule is CCC[C@H](N[C@@H](c1ccc(-c2ccc(C3CC3)cc2)cc1)C(F)(F)F)C(=O)NC1(C#N)CC1. The zero-order chi connectivity index (χ0) is 23.6. The molecule has 0 spiro atoms. The molecule has 0 unspecified atom stereocenters. The number of nitriles is 1. The first-order chi connectivity index (χ1) is 15.7. The molecule has 2 atom stereocenters. The molecule has 0 aliphatic heterocycles. The van der Waals surface area contributed by atoms with Gasteiger partial charge < -0.3 is 5.32 Å². The fourth-order valence-corrected chi connectivity index (χ4v) is 4.10. The van der Waals surface area contributed by atoms with Crippen LogP contribution >= 0.6 is 0 Å². The Hall–Kier alpha value is -2.85. The van der Waals surface area contributed by atoms with Crippen molar-refractivity contribution in [2.24, 2.45) is 0 Å². The molecule has 0 bridgehead atoms. The summed E-state index contributed by atoms with van der Waals surface area (Å²) in [6, 6.07) is 13.5. The Balaban J connectivity index is 1.51.